The van der Waals surface area contributed by atoms with Crippen molar-refractivity contribution in [2.24, 2.45) is 0 Å². The molecule has 10 heteroatoms. The number of amides is 1. The molecular weight excluding hydrogens is 469 g/mol. The second-order valence-electron chi connectivity index (χ2n) is 6.51. The van der Waals surface area contributed by atoms with Crippen molar-refractivity contribution >= 4 is 46.6 Å². The minimum Gasteiger partial charge on any atom is -0.497 e. The van der Waals surface area contributed by atoms with Gasteiger partial charge in [-0.3, -0.25) is 14.3 Å². The van der Waals surface area contributed by atoms with Gasteiger partial charge >= 0.3 is 0 Å². The van der Waals surface area contributed by atoms with Crippen LogP contribution in [0.5, 0.6) is 5.75 Å². The SMILES string of the molecule is COc1ccc(-n2c(SCC(=O)Nc3c(Cl)cccc3Cl)nnc2-c2ccncc2)cc1. The maximum Gasteiger partial charge on any atom is 0.234 e. The lowest BCUT2D eigenvalue weighted by atomic mass is 10.2. The van der Waals surface area contributed by atoms with Crippen LogP contribution in [0.1, 0.15) is 0 Å². The first kappa shape index (κ1) is 22.1. The first-order valence-corrected chi connectivity index (χ1v) is 11.2. The van der Waals surface area contributed by atoms with Crippen LogP contribution in [0.2, 0.25) is 10.0 Å². The highest BCUT2D eigenvalue weighted by atomic mass is 35.5. The van der Waals surface area contributed by atoms with Crippen molar-refractivity contribution in [2.75, 3.05) is 18.2 Å². The lowest BCUT2D eigenvalue weighted by Gasteiger charge is -2.12. The third-order valence-corrected chi connectivity index (χ3v) is 6.02. The average Bonchev–Trinajstić information content (AvgIpc) is 3.25. The zero-order valence-electron chi connectivity index (χ0n) is 16.8. The van der Waals surface area contributed by atoms with E-state index in [1.807, 2.05) is 41.0 Å². The summed E-state index contributed by atoms with van der Waals surface area (Å²) >= 11 is 13.5. The first-order chi connectivity index (χ1) is 15.6. The number of anilines is 1. The molecule has 7 nitrogen and oxygen atoms in total. The number of thioether (sulfide) groups is 1. The fourth-order valence-electron chi connectivity index (χ4n) is 2.94. The van der Waals surface area contributed by atoms with Crippen LogP contribution >= 0.6 is 35.0 Å². The van der Waals surface area contributed by atoms with Crippen LogP contribution in [-0.4, -0.2) is 38.5 Å². The number of aromatic nitrogens is 4. The molecule has 162 valence electrons. The van der Waals surface area contributed by atoms with Gasteiger partial charge in [0.15, 0.2) is 11.0 Å². The second-order valence-corrected chi connectivity index (χ2v) is 8.27. The van der Waals surface area contributed by atoms with Gasteiger partial charge < -0.3 is 10.1 Å². The third-order valence-electron chi connectivity index (χ3n) is 4.46. The summed E-state index contributed by atoms with van der Waals surface area (Å²) in [6.07, 6.45) is 3.38. The molecule has 1 amide bonds. The molecule has 0 aliphatic heterocycles. The molecule has 0 saturated heterocycles. The number of ether oxygens (including phenoxy) is 1. The van der Waals surface area contributed by atoms with Crippen LogP contribution in [0.15, 0.2) is 72.1 Å². The van der Waals surface area contributed by atoms with E-state index in [2.05, 4.69) is 20.5 Å². The Morgan fingerprint density at radius 1 is 1.03 bits per heavy atom. The Hall–Kier alpha value is -3.07. The van der Waals surface area contributed by atoms with Gasteiger partial charge in [0.1, 0.15) is 5.75 Å². The van der Waals surface area contributed by atoms with Crippen molar-refractivity contribution < 1.29 is 9.53 Å². The summed E-state index contributed by atoms with van der Waals surface area (Å²) in [6.45, 7) is 0. The number of nitrogens with zero attached hydrogens (tertiary/aromatic N) is 4. The zero-order valence-corrected chi connectivity index (χ0v) is 19.2. The normalized spacial score (nSPS) is 10.7. The van der Waals surface area contributed by atoms with Crippen molar-refractivity contribution in [2.45, 2.75) is 5.16 Å². The molecule has 0 atom stereocenters. The minimum absolute atomic E-state index is 0.0895. The van der Waals surface area contributed by atoms with E-state index >= 15 is 0 Å². The molecule has 0 aliphatic carbocycles. The second kappa shape index (κ2) is 10.0. The summed E-state index contributed by atoms with van der Waals surface area (Å²) in [5.74, 6) is 1.19. The number of hydrogen-bond donors (Lipinski definition) is 1. The van der Waals surface area contributed by atoms with E-state index < -0.39 is 0 Å². The Kier molecular flexibility index (Phi) is 6.94. The maximum atomic E-state index is 12.6. The molecule has 32 heavy (non-hydrogen) atoms. The Labute approximate surface area is 198 Å². The van der Waals surface area contributed by atoms with Crippen molar-refractivity contribution in [3.8, 4) is 22.8 Å². The van der Waals surface area contributed by atoms with Gasteiger partial charge in [-0.05, 0) is 48.5 Å². The summed E-state index contributed by atoms with van der Waals surface area (Å²) in [6, 6.07) is 16.3. The number of nitrogens with one attached hydrogen (secondary N) is 1. The van der Waals surface area contributed by atoms with E-state index in [0.717, 1.165) is 17.0 Å². The maximum absolute atomic E-state index is 12.6. The lowest BCUT2D eigenvalue weighted by molar-refractivity contribution is -0.113. The van der Waals surface area contributed by atoms with Gasteiger partial charge in [0.25, 0.3) is 0 Å². The average molecular weight is 486 g/mol. The Morgan fingerprint density at radius 3 is 2.38 bits per heavy atom. The Balaban J connectivity index is 1.61. The Bertz CT molecular complexity index is 1210. The number of carbonyl (C=O) groups is 1. The fourth-order valence-corrected chi connectivity index (χ4v) is 4.18. The molecule has 1 N–H and O–H groups in total. The van der Waals surface area contributed by atoms with Gasteiger partial charge in [0, 0.05) is 23.6 Å². The third kappa shape index (κ3) is 4.88. The standard InChI is InChI=1S/C22H17Cl2N5O2S/c1-31-16-7-5-15(6-8-16)29-21(14-9-11-25-12-10-14)27-28-22(29)32-13-19(30)26-20-17(23)3-2-4-18(20)24/h2-12H,13H2,1H3,(H,26,30). The van der Waals surface area contributed by atoms with Crippen LogP contribution in [0.3, 0.4) is 0 Å². The van der Waals surface area contributed by atoms with Crippen LogP contribution in [0.4, 0.5) is 5.69 Å². The highest BCUT2D eigenvalue weighted by Crippen LogP contribution is 2.31. The largest absolute Gasteiger partial charge is 0.497 e. The number of halogens is 2. The van der Waals surface area contributed by atoms with Gasteiger partial charge in [0.05, 0.1) is 28.6 Å². The van der Waals surface area contributed by atoms with E-state index in [-0.39, 0.29) is 11.7 Å². The van der Waals surface area contributed by atoms with Crippen molar-refractivity contribution in [3.05, 3.63) is 77.0 Å². The number of pyridine rings is 1. The van der Waals surface area contributed by atoms with Gasteiger partial charge in [-0.1, -0.05) is 41.0 Å². The van der Waals surface area contributed by atoms with Crippen LogP contribution in [-0.2, 0) is 4.79 Å². The summed E-state index contributed by atoms with van der Waals surface area (Å²) in [5, 5.41) is 12.7. The Morgan fingerprint density at radius 2 is 1.72 bits per heavy atom. The van der Waals surface area contributed by atoms with Crippen molar-refractivity contribution in [1.82, 2.24) is 19.7 Å². The first-order valence-electron chi connectivity index (χ1n) is 9.43. The molecule has 0 saturated carbocycles. The molecule has 0 radical (unpaired) electrons. The highest BCUT2D eigenvalue weighted by molar-refractivity contribution is 7.99. The predicted molar refractivity (Wildman–Crippen MR) is 127 cm³/mol. The zero-order chi connectivity index (χ0) is 22.5. The molecule has 2 aromatic carbocycles. The van der Waals surface area contributed by atoms with E-state index in [0.29, 0.717) is 26.7 Å². The van der Waals surface area contributed by atoms with Crippen molar-refractivity contribution in [1.29, 1.82) is 0 Å². The number of para-hydroxylation sites is 1. The van der Waals surface area contributed by atoms with Gasteiger partial charge in [-0.2, -0.15) is 0 Å². The van der Waals surface area contributed by atoms with Crippen LogP contribution < -0.4 is 10.1 Å². The quantitative estimate of drug-likeness (QED) is 0.354. The molecular formula is C22H17Cl2N5O2S. The van der Waals surface area contributed by atoms with Crippen LogP contribution in [0, 0.1) is 0 Å². The van der Waals surface area contributed by atoms with Crippen molar-refractivity contribution in [3.63, 3.8) is 0 Å². The van der Waals surface area contributed by atoms with Crippen LogP contribution in [0.25, 0.3) is 17.1 Å². The summed E-state index contributed by atoms with van der Waals surface area (Å²) in [4.78, 5) is 16.6. The molecule has 0 aliphatic rings. The van der Waals surface area contributed by atoms with Gasteiger partial charge in [0.2, 0.25) is 5.91 Å². The molecule has 4 aromatic rings. The number of rotatable bonds is 7. The number of hydrogen-bond acceptors (Lipinski definition) is 6. The van der Waals surface area contributed by atoms with Gasteiger partial charge in [-0.25, -0.2) is 0 Å². The molecule has 2 heterocycles. The minimum atomic E-state index is -0.264. The highest BCUT2D eigenvalue weighted by Gasteiger charge is 2.18. The summed E-state index contributed by atoms with van der Waals surface area (Å²) in [5.41, 5.74) is 2.07. The van der Waals surface area contributed by atoms with E-state index in [9.17, 15) is 4.79 Å². The molecule has 2 aromatic heterocycles. The predicted octanol–water partition coefficient (Wildman–Crippen LogP) is 5.38. The van der Waals surface area contributed by atoms with E-state index in [1.54, 1.807) is 37.7 Å². The summed E-state index contributed by atoms with van der Waals surface area (Å²) in [7, 11) is 1.61. The molecule has 0 spiro atoms. The number of carbonyl (C=O) groups excluding carboxylic acids is 1. The van der Waals surface area contributed by atoms with E-state index in [1.165, 1.54) is 11.8 Å². The monoisotopic (exact) mass is 485 g/mol. The molecule has 4 rings (SSSR count). The molecule has 0 unspecified atom stereocenters. The van der Waals surface area contributed by atoms with Gasteiger partial charge in [-0.15, -0.1) is 10.2 Å². The summed E-state index contributed by atoms with van der Waals surface area (Å²) < 4.78 is 7.14. The fraction of sp³-hybridized carbons (Fsp3) is 0.0909. The number of benzene rings is 2. The topological polar surface area (TPSA) is 81.9 Å². The molecule has 0 fully saturated rings. The van der Waals surface area contributed by atoms with E-state index in [4.69, 9.17) is 27.9 Å². The molecule has 0 bridgehead atoms. The lowest BCUT2D eigenvalue weighted by Crippen LogP contribution is -2.15. The smallest absolute Gasteiger partial charge is 0.234 e. The number of methoxy groups -OCH3 is 1.